The van der Waals surface area contributed by atoms with Crippen LogP contribution in [0.25, 0.3) is 0 Å². The molecule has 0 amide bonds. The lowest BCUT2D eigenvalue weighted by Crippen LogP contribution is -2.45. The number of aliphatic hydroxyl groups excluding tert-OH is 1. The normalized spacial score (nSPS) is 20.4. The van der Waals surface area contributed by atoms with E-state index in [-0.39, 0.29) is 0 Å². The number of piperazine rings is 1. The number of likely N-dealkylation sites (N-methyl/N-ethyl adjacent to an activating group) is 1. The van der Waals surface area contributed by atoms with Crippen LogP contribution >= 0.6 is 0 Å². The van der Waals surface area contributed by atoms with Crippen LogP contribution in [-0.2, 0) is 0 Å². The summed E-state index contributed by atoms with van der Waals surface area (Å²) in [6, 6.07) is 7.47. The molecule has 1 aromatic rings. The fourth-order valence-corrected chi connectivity index (χ4v) is 2.10. The molecule has 1 aliphatic heterocycles. The van der Waals surface area contributed by atoms with Gasteiger partial charge in [-0.3, -0.25) is 4.90 Å². The van der Waals surface area contributed by atoms with E-state index in [1.165, 1.54) is 0 Å². The summed E-state index contributed by atoms with van der Waals surface area (Å²) in [5.41, 5.74) is 7.31. The van der Waals surface area contributed by atoms with Crippen molar-refractivity contribution in [2.24, 2.45) is 0 Å². The third-order valence-corrected chi connectivity index (χ3v) is 3.35. The van der Waals surface area contributed by atoms with Crippen molar-refractivity contribution in [1.82, 2.24) is 9.80 Å². The Morgan fingerprint density at radius 1 is 1.18 bits per heavy atom. The van der Waals surface area contributed by atoms with Crippen LogP contribution in [-0.4, -0.2) is 54.7 Å². The van der Waals surface area contributed by atoms with Gasteiger partial charge in [0.1, 0.15) is 0 Å². The summed E-state index contributed by atoms with van der Waals surface area (Å²) >= 11 is 0. The molecule has 1 atom stereocenters. The number of nitrogen functional groups attached to an aromatic ring is 1. The van der Waals surface area contributed by atoms with Gasteiger partial charge in [0.05, 0.1) is 6.10 Å². The van der Waals surface area contributed by atoms with Crippen molar-refractivity contribution in [1.29, 1.82) is 0 Å². The first-order chi connectivity index (χ1) is 8.15. The fourth-order valence-electron chi connectivity index (χ4n) is 2.10. The molecule has 17 heavy (non-hydrogen) atoms. The van der Waals surface area contributed by atoms with Crippen molar-refractivity contribution in [3.8, 4) is 0 Å². The second kappa shape index (κ2) is 5.49. The Morgan fingerprint density at radius 2 is 1.76 bits per heavy atom. The molecular formula is C13H21N3O. The molecule has 2 rings (SSSR count). The lowest BCUT2D eigenvalue weighted by molar-refractivity contribution is 0.0805. The number of benzene rings is 1. The molecule has 1 fully saturated rings. The van der Waals surface area contributed by atoms with Gasteiger partial charge in [-0.2, -0.15) is 0 Å². The summed E-state index contributed by atoms with van der Waals surface area (Å²) in [6.07, 6.45) is -0.418. The minimum absolute atomic E-state index is 0.418. The molecule has 1 saturated heterocycles. The van der Waals surface area contributed by atoms with Crippen LogP contribution in [0.4, 0.5) is 5.69 Å². The van der Waals surface area contributed by atoms with Gasteiger partial charge in [0.15, 0.2) is 0 Å². The minimum atomic E-state index is -0.418. The summed E-state index contributed by atoms with van der Waals surface area (Å²) in [6.45, 7) is 4.92. The molecular weight excluding hydrogens is 214 g/mol. The van der Waals surface area contributed by atoms with Crippen LogP contribution in [0.5, 0.6) is 0 Å². The predicted octanol–water partition coefficient (Wildman–Crippen LogP) is 0.550. The van der Waals surface area contributed by atoms with Gasteiger partial charge in [0, 0.05) is 38.4 Å². The topological polar surface area (TPSA) is 52.7 Å². The van der Waals surface area contributed by atoms with E-state index in [4.69, 9.17) is 5.73 Å². The van der Waals surface area contributed by atoms with Gasteiger partial charge in [-0.1, -0.05) is 12.1 Å². The standard InChI is InChI=1S/C13H21N3O/c1-15-6-8-16(9-7-15)10-13(17)11-2-4-12(14)5-3-11/h2-5,13,17H,6-10,14H2,1H3. The Labute approximate surface area is 103 Å². The SMILES string of the molecule is CN1CCN(CC(O)c2ccc(N)cc2)CC1. The molecule has 0 spiro atoms. The highest BCUT2D eigenvalue weighted by atomic mass is 16.3. The van der Waals surface area contributed by atoms with E-state index in [0.29, 0.717) is 6.54 Å². The van der Waals surface area contributed by atoms with Gasteiger partial charge in [0.2, 0.25) is 0 Å². The molecule has 0 aromatic heterocycles. The zero-order valence-corrected chi connectivity index (χ0v) is 10.3. The molecule has 1 heterocycles. The first kappa shape index (κ1) is 12.4. The van der Waals surface area contributed by atoms with Crippen molar-refractivity contribution in [2.75, 3.05) is 45.5 Å². The highest BCUT2D eigenvalue weighted by Crippen LogP contribution is 2.16. The third kappa shape index (κ3) is 3.43. The van der Waals surface area contributed by atoms with E-state index in [9.17, 15) is 5.11 Å². The van der Waals surface area contributed by atoms with Gasteiger partial charge in [-0.25, -0.2) is 0 Å². The van der Waals surface area contributed by atoms with Crippen LogP contribution in [0.15, 0.2) is 24.3 Å². The van der Waals surface area contributed by atoms with Crippen molar-refractivity contribution in [3.05, 3.63) is 29.8 Å². The fraction of sp³-hybridized carbons (Fsp3) is 0.538. The summed E-state index contributed by atoms with van der Waals surface area (Å²) in [7, 11) is 2.13. The van der Waals surface area contributed by atoms with E-state index >= 15 is 0 Å². The van der Waals surface area contributed by atoms with E-state index < -0.39 is 6.10 Å². The van der Waals surface area contributed by atoms with Gasteiger partial charge < -0.3 is 15.7 Å². The Hall–Kier alpha value is -1.10. The Kier molecular flexibility index (Phi) is 3.99. The molecule has 4 nitrogen and oxygen atoms in total. The van der Waals surface area contributed by atoms with E-state index in [0.717, 1.165) is 37.4 Å². The number of anilines is 1. The first-order valence-electron chi connectivity index (χ1n) is 6.09. The maximum Gasteiger partial charge on any atom is 0.0916 e. The van der Waals surface area contributed by atoms with E-state index in [1.807, 2.05) is 24.3 Å². The molecule has 3 N–H and O–H groups in total. The zero-order valence-electron chi connectivity index (χ0n) is 10.3. The monoisotopic (exact) mass is 235 g/mol. The summed E-state index contributed by atoms with van der Waals surface area (Å²) in [5, 5.41) is 10.1. The molecule has 0 radical (unpaired) electrons. The molecule has 0 bridgehead atoms. The quantitative estimate of drug-likeness (QED) is 0.751. The summed E-state index contributed by atoms with van der Waals surface area (Å²) in [4.78, 5) is 4.62. The Balaban J connectivity index is 1.88. The lowest BCUT2D eigenvalue weighted by Gasteiger charge is -2.33. The van der Waals surface area contributed by atoms with Gasteiger partial charge >= 0.3 is 0 Å². The van der Waals surface area contributed by atoms with Crippen molar-refractivity contribution in [3.63, 3.8) is 0 Å². The number of aliphatic hydroxyl groups is 1. The highest BCUT2D eigenvalue weighted by molar-refractivity contribution is 5.39. The number of nitrogens with zero attached hydrogens (tertiary/aromatic N) is 2. The Bertz CT molecular complexity index is 344. The van der Waals surface area contributed by atoms with Crippen LogP contribution in [0.1, 0.15) is 11.7 Å². The smallest absolute Gasteiger partial charge is 0.0916 e. The number of rotatable bonds is 3. The molecule has 1 unspecified atom stereocenters. The largest absolute Gasteiger partial charge is 0.399 e. The number of hydrogen-bond acceptors (Lipinski definition) is 4. The average Bonchev–Trinajstić information content (AvgIpc) is 2.33. The molecule has 4 heteroatoms. The molecule has 94 valence electrons. The van der Waals surface area contributed by atoms with E-state index in [2.05, 4.69) is 16.8 Å². The van der Waals surface area contributed by atoms with Gasteiger partial charge in [-0.15, -0.1) is 0 Å². The van der Waals surface area contributed by atoms with Crippen LogP contribution in [0.2, 0.25) is 0 Å². The summed E-state index contributed by atoms with van der Waals surface area (Å²) < 4.78 is 0. The first-order valence-corrected chi connectivity index (χ1v) is 6.09. The number of β-amino-alcohol motifs (C(OH)–C–C–N with tert-alkyl or cyclic N) is 1. The second-order valence-electron chi connectivity index (χ2n) is 4.79. The second-order valence-corrected chi connectivity index (χ2v) is 4.79. The number of nitrogens with two attached hydrogens (primary N) is 1. The van der Waals surface area contributed by atoms with Gasteiger partial charge in [0.25, 0.3) is 0 Å². The van der Waals surface area contributed by atoms with Crippen LogP contribution < -0.4 is 5.73 Å². The highest BCUT2D eigenvalue weighted by Gasteiger charge is 2.17. The molecule has 0 saturated carbocycles. The van der Waals surface area contributed by atoms with Crippen molar-refractivity contribution < 1.29 is 5.11 Å². The van der Waals surface area contributed by atoms with Crippen LogP contribution in [0, 0.1) is 0 Å². The predicted molar refractivity (Wildman–Crippen MR) is 69.8 cm³/mol. The number of hydrogen-bond donors (Lipinski definition) is 2. The maximum absolute atomic E-state index is 10.1. The van der Waals surface area contributed by atoms with Crippen molar-refractivity contribution >= 4 is 5.69 Å². The summed E-state index contributed by atoms with van der Waals surface area (Å²) in [5.74, 6) is 0. The zero-order chi connectivity index (χ0) is 12.3. The molecule has 1 aromatic carbocycles. The van der Waals surface area contributed by atoms with Crippen molar-refractivity contribution in [2.45, 2.75) is 6.10 Å². The molecule has 1 aliphatic rings. The average molecular weight is 235 g/mol. The van der Waals surface area contributed by atoms with Crippen LogP contribution in [0.3, 0.4) is 0 Å². The maximum atomic E-state index is 10.1. The molecule has 0 aliphatic carbocycles. The Morgan fingerprint density at radius 3 is 2.35 bits per heavy atom. The minimum Gasteiger partial charge on any atom is -0.399 e. The van der Waals surface area contributed by atoms with Gasteiger partial charge in [-0.05, 0) is 24.7 Å². The third-order valence-electron chi connectivity index (χ3n) is 3.35. The lowest BCUT2D eigenvalue weighted by atomic mass is 10.1. The van der Waals surface area contributed by atoms with E-state index in [1.54, 1.807) is 0 Å².